The lowest BCUT2D eigenvalue weighted by atomic mass is 9.82. The molecule has 0 radical (unpaired) electrons. The minimum absolute atomic E-state index is 0.240. The minimum Gasteiger partial charge on any atom is -0.356 e. The molecule has 3 unspecified atom stereocenters. The number of likely N-dealkylation sites (tertiary alicyclic amines) is 1. The zero-order chi connectivity index (χ0) is 17.2. The maximum Gasteiger partial charge on any atom is 0.193 e. The van der Waals surface area contributed by atoms with Gasteiger partial charge in [0.15, 0.2) is 15.8 Å². The molecule has 0 aromatic heterocycles. The summed E-state index contributed by atoms with van der Waals surface area (Å²) in [6.07, 6.45) is 6.26. The molecule has 0 aromatic carbocycles. The molecule has 3 rings (SSSR count). The fourth-order valence-corrected chi connectivity index (χ4v) is 6.25. The predicted octanol–water partition coefficient (Wildman–Crippen LogP) is 2.14. The topological polar surface area (TPSA) is 61.8 Å². The van der Waals surface area contributed by atoms with Crippen molar-refractivity contribution < 1.29 is 8.42 Å². The molecule has 2 aliphatic heterocycles. The molecule has 2 saturated heterocycles. The van der Waals surface area contributed by atoms with E-state index in [0.29, 0.717) is 17.4 Å². The van der Waals surface area contributed by atoms with E-state index in [1.54, 1.807) is 0 Å². The number of nitrogens with one attached hydrogen (secondary N) is 1. The van der Waals surface area contributed by atoms with Crippen LogP contribution in [-0.2, 0) is 9.84 Å². The van der Waals surface area contributed by atoms with Gasteiger partial charge in [-0.1, -0.05) is 26.7 Å². The van der Waals surface area contributed by atoms with Gasteiger partial charge in [-0.15, -0.1) is 0 Å². The van der Waals surface area contributed by atoms with Crippen molar-refractivity contribution in [3.63, 3.8) is 0 Å². The van der Waals surface area contributed by atoms with Crippen LogP contribution in [0.3, 0.4) is 0 Å². The van der Waals surface area contributed by atoms with E-state index in [1.165, 1.54) is 25.7 Å². The van der Waals surface area contributed by atoms with Crippen molar-refractivity contribution in [2.45, 2.75) is 46.0 Å². The lowest BCUT2D eigenvalue weighted by Crippen LogP contribution is -2.42. The second kappa shape index (κ2) is 7.63. The predicted molar refractivity (Wildman–Crippen MR) is 98.9 cm³/mol. The Kier molecular flexibility index (Phi) is 5.73. The molecule has 0 aromatic rings. The van der Waals surface area contributed by atoms with Crippen molar-refractivity contribution in [1.82, 2.24) is 10.2 Å². The largest absolute Gasteiger partial charge is 0.356 e. The number of nitrogens with zero attached hydrogens (tertiary/aromatic N) is 2. The zero-order valence-corrected chi connectivity index (χ0v) is 16.0. The van der Waals surface area contributed by atoms with Crippen LogP contribution in [0.1, 0.15) is 46.0 Å². The molecule has 6 heteroatoms. The van der Waals surface area contributed by atoms with Gasteiger partial charge in [-0.3, -0.25) is 4.99 Å². The quantitative estimate of drug-likeness (QED) is 0.620. The van der Waals surface area contributed by atoms with Gasteiger partial charge >= 0.3 is 0 Å². The van der Waals surface area contributed by atoms with E-state index in [0.717, 1.165) is 50.4 Å². The SMILES string of the molecule is CC(C)CN=C(NCC1CCS(=O)(=O)C1)N1CC2CCCCC2C1. The maximum absolute atomic E-state index is 11.7. The molecule has 1 N–H and O–H groups in total. The third-order valence-corrected chi connectivity index (χ3v) is 7.59. The molecule has 3 atom stereocenters. The summed E-state index contributed by atoms with van der Waals surface area (Å²) < 4.78 is 23.3. The Labute approximate surface area is 147 Å². The Morgan fingerprint density at radius 2 is 1.83 bits per heavy atom. The van der Waals surface area contributed by atoms with Crippen LogP contribution in [0.15, 0.2) is 4.99 Å². The summed E-state index contributed by atoms with van der Waals surface area (Å²) in [4.78, 5) is 7.28. The molecule has 2 heterocycles. The number of fused-ring (bicyclic) bond motifs is 1. The summed E-state index contributed by atoms with van der Waals surface area (Å²) >= 11 is 0. The highest BCUT2D eigenvalue weighted by Crippen LogP contribution is 2.36. The highest BCUT2D eigenvalue weighted by atomic mass is 32.2. The summed E-state index contributed by atoms with van der Waals surface area (Å²) in [6.45, 7) is 8.19. The summed E-state index contributed by atoms with van der Waals surface area (Å²) in [5.74, 6) is 4.15. The van der Waals surface area contributed by atoms with Crippen LogP contribution in [0.2, 0.25) is 0 Å². The first-order valence-electron chi connectivity index (χ1n) is 9.66. The van der Waals surface area contributed by atoms with Gasteiger partial charge < -0.3 is 10.2 Å². The number of aliphatic imine (C=N–C) groups is 1. The summed E-state index contributed by atoms with van der Waals surface area (Å²) in [7, 11) is -2.80. The monoisotopic (exact) mass is 355 g/mol. The smallest absolute Gasteiger partial charge is 0.193 e. The second-order valence-electron chi connectivity index (χ2n) is 8.42. The second-order valence-corrected chi connectivity index (χ2v) is 10.6. The molecule has 0 bridgehead atoms. The number of hydrogen-bond donors (Lipinski definition) is 1. The van der Waals surface area contributed by atoms with E-state index in [4.69, 9.17) is 4.99 Å². The van der Waals surface area contributed by atoms with E-state index in [1.807, 2.05) is 0 Å². The Balaban J connectivity index is 1.60. The van der Waals surface area contributed by atoms with Crippen LogP contribution < -0.4 is 5.32 Å². The van der Waals surface area contributed by atoms with E-state index in [9.17, 15) is 8.42 Å². The van der Waals surface area contributed by atoms with Crippen LogP contribution in [0.5, 0.6) is 0 Å². The van der Waals surface area contributed by atoms with Crippen molar-refractivity contribution in [2.75, 3.05) is 37.7 Å². The van der Waals surface area contributed by atoms with Gasteiger partial charge in [0.05, 0.1) is 11.5 Å². The lowest BCUT2D eigenvalue weighted by Gasteiger charge is -2.24. The number of hydrogen-bond acceptors (Lipinski definition) is 3. The van der Waals surface area contributed by atoms with Crippen molar-refractivity contribution in [1.29, 1.82) is 0 Å². The zero-order valence-electron chi connectivity index (χ0n) is 15.2. The van der Waals surface area contributed by atoms with Crippen LogP contribution in [-0.4, -0.2) is 57.0 Å². The molecule has 0 amide bonds. The minimum atomic E-state index is -2.80. The van der Waals surface area contributed by atoms with Crippen molar-refractivity contribution >= 4 is 15.8 Å². The van der Waals surface area contributed by atoms with Crippen LogP contribution in [0.25, 0.3) is 0 Å². The molecular formula is C18H33N3O2S. The molecule has 24 heavy (non-hydrogen) atoms. The van der Waals surface area contributed by atoms with Gasteiger partial charge in [-0.2, -0.15) is 0 Å². The van der Waals surface area contributed by atoms with Gasteiger partial charge in [0.25, 0.3) is 0 Å². The highest BCUT2D eigenvalue weighted by molar-refractivity contribution is 7.91. The Morgan fingerprint density at radius 1 is 1.17 bits per heavy atom. The summed E-state index contributed by atoms with van der Waals surface area (Å²) in [5.41, 5.74) is 0. The van der Waals surface area contributed by atoms with Crippen molar-refractivity contribution in [3.8, 4) is 0 Å². The van der Waals surface area contributed by atoms with Gasteiger partial charge in [-0.25, -0.2) is 8.42 Å². The van der Waals surface area contributed by atoms with E-state index in [2.05, 4.69) is 24.1 Å². The molecule has 1 aliphatic carbocycles. The van der Waals surface area contributed by atoms with Crippen molar-refractivity contribution in [3.05, 3.63) is 0 Å². The van der Waals surface area contributed by atoms with Gasteiger partial charge in [0.2, 0.25) is 0 Å². The molecule has 5 nitrogen and oxygen atoms in total. The van der Waals surface area contributed by atoms with Gasteiger partial charge in [-0.05, 0) is 42.9 Å². The number of guanidine groups is 1. The Morgan fingerprint density at radius 3 is 2.38 bits per heavy atom. The average molecular weight is 356 g/mol. The van der Waals surface area contributed by atoms with Gasteiger partial charge in [0, 0.05) is 26.2 Å². The fraction of sp³-hybridized carbons (Fsp3) is 0.944. The molecule has 1 saturated carbocycles. The van der Waals surface area contributed by atoms with E-state index in [-0.39, 0.29) is 5.92 Å². The molecular weight excluding hydrogens is 322 g/mol. The standard InChI is InChI=1S/C18H33N3O2S/c1-14(2)9-19-18(20-10-15-7-8-24(22,23)13-15)21-11-16-5-3-4-6-17(16)12-21/h14-17H,3-13H2,1-2H3,(H,19,20). The first-order valence-corrected chi connectivity index (χ1v) is 11.5. The van der Waals surface area contributed by atoms with Gasteiger partial charge in [0.1, 0.15) is 0 Å². The third-order valence-electron chi connectivity index (χ3n) is 5.76. The first-order chi connectivity index (χ1) is 11.4. The Hall–Kier alpha value is -0.780. The fourth-order valence-electron chi connectivity index (χ4n) is 4.38. The molecule has 3 fully saturated rings. The normalized spacial score (nSPS) is 33.0. The number of sulfone groups is 1. The molecule has 138 valence electrons. The average Bonchev–Trinajstić information content (AvgIpc) is 3.09. The van der Waals surface area contributed by atoms with Crippen molar-refractivity contribution in [2.24, 2.45) is 28.7 Å². The number of rotatable bonds is 4. The van der Waals surface area contributed by atoms with E-state index >= 15 is 0 Å². The van der Waals surface area contributed by atoms with E-state index < -0.39 is 9.84 Å². The van der Waals surface area contributed by atoms with Crippen LogP contribution in [0, 0.1) is 23.7 Å². The maximum atomic E-state index is 11.7. The Bertz CT molecular complexity index is 545. The van der Waals surface area contributed by atoms with Crippen LogP contribution >= 0.6 is 0 Å². The summed E-state index contributed by atoms with van der Waals surface area (Å²) in [5, 5.41) is 3.52. The summed E-state index contributed by atoms with van der Waals surface area (Å²) in [6, 6.07) is 0. The highest BCUT2D eigenvalue weighted by Gasteiger charge is 2.36. The van der Waals surface area contributed by atoms with Crippen LogP contribution in [0.4, 0.5) is 0 Å². The lowest BCUT2D eigenvalue weighted by molar-refractivity contribution is 0.299. The first kappa shape index (κ1) is 18.0. The molecule has 0 spiro atoms. The third kappa shape index (κ3) is 4.64. The molecule has 3 aliphatic rings.